The molecular formula is C9H20N2O. The van der Waals surface area contributed by atoms with Crippen molar-refractivity contribution in [2.75, 3.05) is 19.7 Å². The van der Waals surface area contributed by atoms with Crippen LogP contribution < -0.4 is 5.73 Å². The molecule has 0 aromatic rings. The molecule has 1 rings (SSSR count). The molecule has 1 unspecified atom stereocenters. The Morgan fingerprint density at radius 1 is 1.58 bits per heavy atom. The minimum atomic E-state index is -0.0967. The second-order valence-corrected chi connectivity index (χ2v) is 4.20. The van der Waals surface area contributed by atoms with Crippen molar-refractivity contribution in [2.45, 2.75) is 38.3 Å². The first-order valence-electron chi connectivity index (χ1n) is 4.69. The molecule has 1 aliphatic heterocycles. The third-order valence-corrected chi connectivity index (χ3v) is 2.81. The van der Waals surface area contributed by atoms with Gasteiger partial charge < -0.3 is 10.8 Å². The maximum absolute atomic E-state index is 9.19. The summed E-state index contributed by atoms with van der Waals surface area (Å²) in [5, 5.41) is 9.19. The summed E-state index contributed by atoms with van der Waals surface area (Å²) in [7, 11) is 0. The monoisotopic (exact) mass is 172 g/mol. The Bertz CT molecular complexity index is 147. The lowest BCUT2D eigenvalue weighted by Gasteiger charge is -2.38. The number of rotatable bonds is 3. The summed E-state index contributed by atoms with van der Waals surface area (Å²) in [6, 6.07) is 0.479. The molecule has 0 saturated carbocycles. The number of aliphatic hydroxyl groups is 1. The van der Waals surface area contributed by atoms with E-state index in [2.05, 4.69) is 18.7 Å². The van der Waals surface area contributed by atoms with Crippen molar-refractivity contribution in [2.24, 2.45) is 5.73 Å². The minimum absolute atomic E-state index is 0.0967. The molecular weight excluding hydrogens is 152 g/mol. The van der Waals surface area contributed by atoms with Gasteiger partial charge in [0.2, 0.25) is 0 Å². The summed E-state index contributed by atoms with van der Waals surface area (Å²) in [6.07, 6.45) is 2.39. The highest BCUT2D eigenvalue weighted by Crippen LogP contribution is 2.25. The van der Waals surface area contributed by atoms with E-state index in [1.807, 2.05) is 0 Å². The summed E-state index contributed by atoms with van der Waals surface area (Å²) in [6.45, 7) is 6.14. The molecule has 0 aromatic heterocycles. The van der Waals surface area contributed by atoms with E-state index in [0.29, 0.717) is 12.6 Å². The van der Waals surface area contributed by atoms with Gasteiger partial charge in [0, 0.05) is 18.1 Å². The zero-order chi connectivity index (χ0) is 9.19. The van der Waals surface area contributed by atoms with Crippen LogP contribution in [0.5, 0.6) is 0 Å². The second kappa shape index (κ2) is 3.73. The summed E-state index contributed by atoms with van der Waals surface area (Å²) in [5.74, 6) is 0. The van der Waals surface area contributed by atoms with Crippen molar-refractivity contribution in [3.8, 4) is 0 Å². The predicted molar refractivity (Wildman–Crippen MR) is 49.9 cm³/mol. The fourth-order valence-corrected chi connectivity index (χ4v) is 1.97. The maximum atomic E-state index is 9.19. The van der Waals surface area contributed by atoms with Gasteiger partial charge in [-0.2, -0.15) is 0 Å². The van der Waals surface area contributed by atoms with E-state index >= 15 is 0 Å². The highest BCUT2D eigenvalue weighted by atomic mass is 16.3. The number of hydrogen-bond acceptors (Lipinski definition) is 3. The van der Waals surface area contributed by atoms with Crippen molar-refractivity contribution in [1.29, 1.82) is 0 Å². The summed E-state index contributed by atoms with van der Waals surface area (Å²) in [5.41, 5.74) is 5.56. The molecule has 12 heavy (non-hydrogen) atoms. The van der Waals surface area contributed by atoms with Crippen LogP contribution in [0.4, 0.5) is 0 Å². The molecule has 1 saturated heterocycles. The predicted octanol–water partition coefficient (Wildman–Crippen LogP) is 0.180. The van der Waals surface area contributed by atoms with Crippen LogP contribution in [0.1, 0.15) is 26.7 Å². The zero-order valence-electron chi connectivity index (χ0n) is 8.08. The van der Waals surface area contributed by atoms with E-state index in [1.54, 1.807) is 0 Å². The van der Waals surface area contributed by atoms with Gasteiger partial charge >= 0.3 is 0 Å². The quantitative estimate of drug-likeness (QED) is 0.638. The molecule has 0 radical (unpaired) electrons. The lowest BCUT2D eigenvalue weighted by molar-refractivity contribution is 0.0494. The van der Waals surface area contributed by atoms with E-state index < -0.39 is 0 Å². The van der Waals surface area contributed by atoms with E-state index in [1.165, 1.54) is 12.8 Å². The van der Waals surface area contributed by atoms with Crippen molar-refractivity contribution >= 4 is 0 Å². The molecule has 0 aliphatic carbocycles. The lowest BCUT2D eigenvalue weighted by Crippen LogP contribution is -2.51. The maximum Gasteiger partial charge on any atom is 0.0610 e. The van der Waals surface area contributed by atoms with Crippen LogP contribution in [0.3, 0.4) is 0 Å². The Morgan fingerprint density at radius 3 is 2.75 bits per heavy atom. The molecule has 1 atom stereocenters. The Morgan fingerprint density at radius 2 is 2.25 bits per heavy atom. The molecule has 1 fully saturated rings. The van der Waals surface area contributed by atoms with E-state index in [-0.39, 0.29) is 12.1 Å². The second-order valence-electron chi connectivity index (χ2n) is 4.20. The normalized spacial score (nSPS) is 26.5. The molecule has 0 spiro atoms. The van der Waals surface area contributed by atoms with Crippen molar-refractivity contribution in [1.82, 2.24) is 4.90 Å². The van der Waals surface area contributed by atoms with Gasteiger partial charge in [-0.25, -0.2) is 0 Å². The first-order chi connectivity index (χ1) is 5.61. The molecule has 0 bridgehead atoms. The van der Waals surface area contributed by atoms with Gasteiger partial charge in [-0.05, 0) is 33.2 Å². The fraction of sp³-hybridized carbons (Fsp3) is 1.00. The highest BCUT2D eigenvalue weighted by Gasteiger charge is 2.34. The molecule has 3 nitrogen and oxygen atoms in total. The van der Waals surface area contributed by atoms with Gasteiger partial charge in [-0.1, -0.05) is 0 Å². The van der Waals surface area contributed by atoms with E-state index in [4.69, 9.17) is 5.73 Å². The number of nitrogens with zero attached hydrogens (tertiary/aromatic N) is 1. The molecule has 1 heterocycles. The van der Waals surface area contributed by atoms with Crippen molar-refractivity contribution in [3.05, 3.63) is 0 Å². The smallest absolute Gasteiger partial charge is 0.0610 e. The number of aliphatic hydroxyl groups excluding tert-OH is 1. The molecule has 1 aliphatic rings. The highest BCUT2D eigenvalue weighted by molar-refractivity contribution is 4.90. The van der Waals surface area contributed by atoms with Gasteiger partial charge in [-0.15, -0.1) is 0 Å². The van der Waals surface area contributed by atoms with Crippen LogP contribution in [0, 0.1) is 0 Å². The van der Waals surface area contributed by atoms with Crippen molar-refractivity contribution < 1.29 is 5.11 Å². The molecule has 72 valence electrons. The van der Waals surface area contributed by atoms with Crippen LogP contribution in [0.25, 0.3) is 0 Å². The largest absolute Gasteiger partial charge is 0.394 e. The van der Waals surface area contributed by atoms with Gasteiger partial charge in [0.15, 0.2) is 0 Å². The topological polar surface area (TPSA) is 49.5 Å². The third kappa shape index (κ3) is 1.79. The first-order valence-corrected chi connectivity index (χ1v) is 4.69. The fourth-order valence-electron chi connectivity index (χ4n) is 1.97. The molecule has 0 amide bonds. The number of hydrogen-bond donors (Lipinski definition) is 2. The van der Waals surface area contributed by atoms with Gasteiger partial charge in [0.1, 0.15) is 0 Å². The SMILES string of the molecule is CC(C)(CO)N1CCCC1CN. The summed E-state index contributed by atoms with van der Waals surface area (Å²) in [4.78, 5) is 2.33. The van der Waals surface area contributed by atoms with Crippen LogP contribution in [0.2, 0.25) is 0 Å². The number of nitrogens with two attached hydrogens (primary N) is 1. The van der Waals surface area contributed by atoms with E-state index in [0.717, 1.165) is 6.54 Å². The lowest BCUT2D eigenvalue weighted by atomic mass is 10.0. The van der Waals surface area contributed by atoms with Crippen LogP contribution in [-0.4, -0.2) is 41.3 Å². The molecule has 3 heteroatoms. The van der Waals surface area contributed by atoms with Gasteiger partial charge in [0.05, 0.1) is 6.61 Å². The average molecular weight is 172 g/mol. The average Bonchev–Trinajstić information content (AvgIpc) is 2.52. The first kappa shape index (κ1) is 9.96. The van der Waals surface area contributed by atoms with Crippen LogP contribution in [-0.2, 0) is 0 Å². The Balaban J connectivity index is 2.60. The Labute approximate surface area is 74.5 Å². The Hall–Kier alpha value is -0.120. The minimum Gasteiger partial charge on any atom is -0.394 e. The summed E-state index contributed by atoms with van der Waals surface area (Å²) >= 11 is 0. The molecule has 3 N–H and O–H groups in total. The van der Waals surface area contributed by atoms with Crippen LogP contribution >= 0.6 is 0 Å². The summed E-state index contributed by atoms with van der Waals surface area (Å²) < 4.78 is 0. The van der Waals surface area contributed by atoms with Crippen LogP contribution in [0.15, 0.2) is 0 Å². The zero-order valence-corrected chi connectivity index (χ0v) is 8.08. The van der Waals surface area contributed by atoms with Gasteiger partial charge in [-0.3, -0.25) is 4.90 Å². The number of likely N-dealkylation sites (tertiary alicyclic amines) is 1. The molecule has 0 aromatic carbocycles. The third-order valence-electron chi connectivity index (χ3n) is 2.81. The standard InChI is InChI=1S/C9H20N2O/c1-9(2,7-12)11-5-3-4-8(11)6-10/h8,12H,3-7,10H2,1-2H3. The van der Waals surface area contributed by atoms with Crippen molar-refractivity contribution in [3.63, 3.8) is 0 Å². The van der Waals surface area contributed by atoms with E-state index in [9.17, 15) is 5.11 Å². The van der Waals surface area contributed by atoms with Gasteiger partial charge in [0.25, 0.3) is 0 Å². The Kier molecular flexibility index (Phi) is 3.09.